The lowest BCUT2D eigenvalue weighted by molar-refractivity contribution is 0.0472. The number of carbonyl (C=O) groups excluding carboxylic acids is 1. The monoisotopic (exact) mass is 449 g/mol. The van der Waals surface area contributed by atoms with Gasteiger partial charge in [-0.3, -0.25) is 9.69 Å². The van der Waals surface area contributed by atoms with Gasteiger partial charge in [-0.2, -0.15) is 0 Å². The van der Waals surface area contributed by atoms with Crippen molar-refractivity contribution in [3.8, 4) is 22.9 Å². The molecule has 1 fully saturated rings. The Morgan fingerprint density at radius 1 is 1.21 bits per heavy atom. The van der Waals surface area contributed by atoms with E-state index in [1.165, 1.54) is 18.9 Å². The normalized spacial score (nSPS) is 13.7. The van der Waals surface area contributed by atoms with Crippen LogP contribution in [0.2, 0.25) is 0 Å². The van der Waals surface area contributed by atoms with Crippen molar-refractivity contribution in [1.82, 2.24) is 14.9 Å². The number of nitrogens with one attached hydrogen (secondary N) is 1. The predicted molar refractivity (Wildman–Crippen MR) is 126 cm³/mol. The van der Waals surface area contributed by atoms with E-state index in [-0.39, 0.29) is 5.56 Å². The molecule has 0 saturated carbocycles. The van der Waals surface area contributed by atoms with Gasteiger partial charge in [-0.25, -0.2) is 9.78 Å². The SMILES string of the molecule is C=CCOc1ccc(OC)c(-c2nc3ccc(C(=O)OCCN4CCCC4)cc3c(=O)[nH]2)c1. The van der Waals surface area contributed by atoms with E-state index < -0.39 is 5.97 Å². The van der Waals surface area contributed by atoms with Crippen molar-refractivity contribution in [2.24, 2.45) is 0 Å². The summed E-state index contributed by atoms with van der Waals surface area (Å²) in [4.78, 5) is 35.0. The third-order valence-corrected chi connectivity index (χ3v) is 5.57. The molecule has 0 spiro atoms. The zero-order valence-electron chi connectivity index (χ0n) is 18.6. The molecular weight excluding hydrogens is 422 g/mol. The minimum Gasteiger partial charge on any atom is -0.496 e. The van der Waals surface area contributed by atoms with Gasteiger partial charge >= 0.3 is 5.97 Å². The molecule has 8 heteroatoms. The average molecular weight is 450 g/mol. The first-order chi connectivity index (χ1) is 16.1. The summed E-state index contributed by atoms with van der Waals surface area (Å²) in [6.07, 6.45) is 4.03. The number of aromatic amines is 1. The van der Waals surface area contributed by atoms with Gasteiger partial charge in [0.2, 0.25) is 0 Å². The van der Waals surface area contributed by atoms with Crippen molar-refractivity contribution in [1.29, 1.82) is 0 Å². The number of rotatable bonds is 9. The lowest BCUT2D eigenvalue weighted by Gasteiger charge is -2.14. The molecule has 0 bridgehead atoms. The molecule has 1 N–H and O–H groups in total. The average Bonchev–Trinajstić information content (AvgIpc) is 3.35. The highest BCUT2D eigenvalue weighted by molar-refractivity contribution is 5.94. The number of ether oxygens (including phenoxy) is 3. The number of aromatic nitrogens is 2. The predicted octanol–water partition coefficient (Wildman–Crippen LogP) is 3.42. The van der Waals surface area contributed by atoms with Gasteiger partial charge in [0.25, 0.3) is 5.56 Å². The molecule has 0 amide bonds. The molecule has 0 atom stereocenters. The summed E-state index contributed by atoms with van der Waals surface area (Å²) >= 11 is 0. The number of methoxy groups -OCH3 is 1. The molecule has 3 aromatic rings. The first-order valence-electron chi connectivity index (χ1n) is 10.9. The van der Waals surface area contributed by atoms with Gasteiger partial charge in [0.15, 0.2) is 0 Å². The largest absolute Gasteiger partial charge is 0.496 e. The Kier molecular flexibility index (Phi) is 7.04. The van der Waals surface area contributed by atoms with Gasteiger partial charge in [0.1, 0.15) is 30.5 Å². The molecule has 33 heavy (non-hydrogen) atoms. The number of nitrogens with zero attached hydrogens (tertiary/aromatic N) is 2. The van der Waals surface area contributed by atoms with Crippen molar-refractivity contribution in [3.05, 3.63) is 65.0 Å². The van der Waals surface area contributed by atoms with E-state index in [1.807, 2.05) is 0 Å². The highest BCUT2D eigenvalue weighted by atomic mass is 16.5. The lowest BCUT2D eigenvalue weighted by atomic mass is 10.1. The van der Waals surface area contributed by atoms with Crippen molar-refractivity contribution >= 4 is 16.9 Å². The van der Waals surface area contributed by atoms with E-state index in [2.05, 4.69) is 21.4 Å². The van der Waals surface area contributed by atoms with E-state index in [1.54, 1.807) is 43.5 Å². The Bertz CT molecular complexity index is 1210. The molecule has 2 heterocycles. The molecule has 1 saturated heterocycles. The van der Waals surface area contributed by atoms with E-state index in [0.29, 0.717) is 52.6 Å². The van der Waals surface area contributed by atoms with Crippen molar-refractivity contribution in [2.45, 2.75) is 12.8 Å². The molecule has 0 radical (unpaired) electrons. The molecule has 8 nitrogen and oxygen atoms in total. The zero-order chi connectivity index (χ0) is 23.2. The summed E-state index contributed by atoms with van der Waals surface area (Å²) in [6.45, 7) is 7.14. The molecule has 2 aromatic carbocycles. The Balaban J connectivity index is 1.57. The van der Waals surface area contributed by atoms with Gasteiger partial charge in [0.05, 0.1) is 29.1 Å². The van der Waals surface area contributed by atoms with Crippen LogP contribution in [0.15, 0.2) is 53.8 Å². The van der Waals surface area contributed by atoms with Crippen molar-refractivity contribution < 1.29 is 19.0 Å². The first kappa shape index (κ1) is 22.5. The minimum atomic E-state index is -0.451. The first-order valence-corrected chi connectivity index (χ1v) is 10.9. The maximum absolute atomic E-state index is 12.9. The van der Waals surface area contributed by atoms with Gasteiger partial charge in [-0.05, 0) is 62.3 Å². The summed E-state index contributed by atoms with van der Waals surface area (Å²) in [6, 6.07) is 10.1. The zero-order valence-corrected chi connectivity index (χ0v) is 18.6. The van der Waals surface area contributed by atoms with Crippen LogP contribution in [0.25, 0.3) is 22.3 Å². The highest BCUT2D eigenvalue weighted by Crippen LogP contribution is 2.31. The van der Waals surface area contributed by atoms with Crippen LogP contribution in [-0.2, 0) is 4.74 Å². The second kappa shape index (κ2) is 10.3. The molecule has 4 rings (SSSR count). The topological polar surface area (TPSA) is 93.8 Å². The number of H-pyrrole nitrogens is 1. The maximum atomic E-state index is 12.9. The van der Waals surface area contributed by atoms with Crippen LogP contribution in [0.1, 0.15) is 23.2 Å². The lowest BCUT2D eigenvalue weighted by Crippen LogP contribution is -2.25. The van der Waals surface area contributed by atoms with Crippen LogP contribution in [0.4, 0.5) is 0 Å². The number of hydrogen-bond donors (Lipinski definition) is 1. The molecule has 172 valence electrons. The van der Waals surface area contributed by atoms with Crippen molar-refractivity contribution in [3.63, 3.8) is 0 Å². The Hall–Kier alpha value is -3.65. The third kappa shape index (κ3) is 5.23. The number of fused-ring (bicyclic) bond motifs is 1. The molecular formula is C25H27N3O5. The Labute approximate surface area is 191 Å². The van der Waals surface area contributed by atoms with Crippen LogP contribution < -0.4 is 15.0 Å². The fourth-order valence-corrected chi connectivity index (χ4v) is 3.87. The smallest absolute Gasteiger partial charge is 0.338 e. The standard InChI is InChI=1S/C25H27N3O5/c1-3-13-32-18-7-9-22(31-2)20(16-18)23-26-21-8-6-17(15-19(21)24(29)27-23)25(30)33-14-12-28-10-4-5-11-28/h3,6-9,15-16H,1,4-5,10-14H2,2H3,(H,26,27,29). The second-order valence-electron chi connectivity index (χ2n) is 7.79. The van der Waals surface area contributed by atoms with E-state index in [9.17, 15) is 9.59 Å². The number of carbonyl (C=O) groups is 1. The van der Waals surface area contributed by atoms with Gasteiger partial charge in [0, 0.05) is 6.54 Å². The summed E-state index contributed by atoms with van der Waals surface area (Å²) in [7, 11) is 1.55. The number of likely N-dealkylation sites (tertiary alicyclic amines) is 1. The number of benzene rings is 2. The quantitative estimate of drug-likeness (QED) is 0.395. The fourth-order valence-electron chi connectivity index (χ4n) is 3.87. The Morgan fingerprint density at radius 3 is 2.79 bits per heavy atom. The molecule has 1 aliphatic rings. The van der Waals surface area contributed by atoms with Crippen LogP contribution in [-0.4, -0.2) is 60.8 Å². The van der Waals surface area contributed by atoms with E-state index >= 15 is 0 Å². The molecule has 0 unspecified atom stereocenters. The van der Waals surface area contributed by atoms with Crippen LogP contribution in [0, 0.1) is 0 Å². The minimum absolute atomic E-state index is 0.311. The fraction of sp³-hybridized carbons (Fsp3) is 0.320. The number of hydrogen-bond acceptors (Lipinski definition) is 7. The molecule has 0 aliphatic carbocycles. The summed E-state index contributed by atoms with van der Waals surface area (Å²) < 4.78 is 16.4. The second-order valence-corrected chi connectivity index (χ2v) is 7.79. The molecule has 1 aliphatic heterocycles. The van der Waals surface area contributed by atoms with Crippen molar-refractivity contribution in [2.75, 3.05) is 40.0 Å². The summed E-state index contributed by atoms with van der Waals surface area (Å²) in [5, 5.41) is 0.311. The van der Waals surface area contributed by atoms with Gasteiger partial charge in [-0.15, -0.1) is 0 Å². The molecule has 1 aromatic heterocycles. The maximum Gasteiger partial charge on any atom is 0.338 e. The van der Waals surface area contributed by atoms with E-state index in [4.69, 9.17) is 14.2 Å². The summed E-state index contributed by atoms with van der Waals surface area (Å²) in [5.74, 6) is 1.03. The Morgan fingerprint density at radius 2 is 2.03 bits per heavy atom. The number of esters is 1. The summed E-state index contributed by atoms with van der Waals surface area (Å²) in [5.41, 5.74) is 1.01. The van der Waals surface area contributed by atoms with Gasteiger partial charge in [-0.1, -0.05) is 12.7 Å². The van der Waals surface area contributed by atoms with E-state index in [0.717, 1.165) is 19.6 Å². The van der Waals surface area contributed by atoms with Crippen LogP contribution in [0.3, 0.4) is 0 Å². The van der Waals surface area contributed by atoms with Crippen LogP contribution in [0.5, 0.6) is 11.5 Å². The third-order valence-electron chi connectivity index (χ3n) is 5.57. The van der Waals surface area contributed by atoms with Gasteiger partial charge < -0.3 is 19.2 Å². The van der Waals surface area contributed by atoms with Crippen LogP contribution >= 0.6 is 0 Å². The highest BCUT2D eigenvalue weighted by Gasteiger charge is 2.16.